The molecule has 0 amide bonds. The van der Waals surface area contributed by atoms with Gasteiger partial charge in [0.05, 0.1) is 13.2 Å². The van der Waals surface area contributed by atoms with Crippen molar-refractivity contribution in [2.45, 2.75) is 56.0 Å². The third kappa shape index (κ3) is 4.24. The van der Waals surface area contributed by atoms with Crippen LogP contribution in [0.15, 0.2) is 28.7 Å². The average Bonchev–Trinajstić information content (AvgIpc) is 3.03. The monoisotopic (exact) mass is 428 g/mol. The molecule has 1 aliphatic heterocycles. The van der Waals surface area contributed by atoms with Crippen LogP contribution in [0, 0.1) is 5.92 Å². The smallest absolute Gasteiger partial charge is 0.0623 e. The van der Waals surface area contributed by atoms with Crippen molar-refractivity contribution in [3.63, 3.8) is 0 Å². The van der Waals surface area contributed by atoms with Gasteiger partial charge in [-0.05, 0) is 49.3 Å². The van der Waals surface area contributed by atoms with E-state index in [1.165, 1.54) is 48.6 Å². The lowest BCUT2D eigenvalue weighted by Crippen LogP contribution is -2.53. The number of hydrogen-bond acceptors (Lipinski definition) is 3. The normalized spacial score (nSPS) is 31.2. The molecular formula is C20H30BrClN2O. The minimum atomic E-state index is 0. The molecule has 2 saturated carbocycles. The quantitative estimate of drug-likeness (QED) is 0.741. The number of benzene rings is 1. The maximum absolute atomic E-state index is 5.71. The van der Waals surface area contributed by atoms with Crippen molar-refractivity contribution in [2.24, 2.45) is 5.92 Å². The molecule has 1 saturated heterocycles. The second kappa shape index (κ2) is 8.71. The van der Waals surface area contributed by atoms with E-state index in [1.807, 2.05) is 0 Å². The first-order valence-electron chi connectivity index (χ1n) is 9.57. The first-order valence-corrected chi connectivity index (χ1v) is 10.4. The van der Waals surface area contributed by atoms with Crippen molar-refractivity contribution < 1.29 is 4.74 Å². The van der Waals surface area contributed by atoms with E-state index >= 15 is 0 Å². The van der Waals surface area contributed by atoms with Gasteiger partial charge >= 0.3 is 0 Å². The van der Waals surface area contributed by atoms with Crippen LogP contribution in [0.1, 0.15) is 44.1 Å². The van der Waals surface area contributed by atoms with Gasteiger partial charge in [-0.2, -0.15) is 0 Å². The molecule has 140 valence electrons. The molecule has 3 aliphatic rings. The molecule has 0 aromatic heterocycles. The van der Waals surface area contributed by atoms with E-state index in [1.54, 1.807) is 0 Å². The van der Waals surface area contributed by atoms with Crippen molar-refractivity contribution in [3.05, 3.63) is 34.3 Å². The predicted octanol–water partition coefficient (Wildman–Crippen LogP) is 4.04. The van der Waals surface area contributed by atoms with Gasteiger partial charge < -0.3 is 15.4 Å². The number of rotatable bonds is 5. The molecule has 25 heavy (non-hydrogen) atoms. The molecule has 3 unspecified atom stereocenters. The molecule has 0 radical (unpaired) electrons. The first kappa shape index (κ1) is 19.6. The molecule has 5 heteroatoms. The van der Waals surface area contributed by atoms with Crippen molar-refractivity contribution >= 4 is 28.3 Å². The van der Waals surface area contributed by atoms with Gasteiger partial charge in [-0.1, -0.05) is 40.9 Å². The molecule has 2 aliphatic carbocycles. The minimum absolute atomic E-state index is 0. The van der Waals surface area contributed by atoms with E-state index in [-0.39, 0.29) is 12.4 Å². The second-order valence-electron chi connectivity index (χ2n) is 7.86. The van der Waals surface area contributed by atoms with Crippen molar-refractivity contribution in [1.82, 2.24) is 10.6 Å². The zero-order valence-electron chi connectivity index (χ0n) is 14.8. The highest BCUT2D eigenvalue weighted by Crippen LogP contribution is 2.44. The maximum Gasteiger partial charge on any atom is 0.0623 e. The zero-order chi connectivity index (χ0) is 16.4. The lowest BCUT2D eigenvalue weighted by molar-refractivity contribution is 0.0515. The molecule has 3 nitrogen and oxygen atoms in total. The largest absolute Gasteiger partial charge is 0.379 e. The van der Waals surface area contributed by atoms with Crippen LogP contribution < -0.4 is 10.6 Å². The Morgan fingerprint density at radius 1 is 1.24 bits per heavy atom. The number of ether oxygens (including phenoxy) is 1. The van der Waals surface area contributed by atoms with Crippen LogP contribution in [0.25, 0.3) is 0 Å². The summed E-state index contributed by atoms with van der Waals surface area (Å²) >= 11 is 3.64. The summed E-state index contributed by atoms with van der Waals surface area (Å²) in [6.07, 6.45) is 8.00. The number of hydrogen-bond donors (Lipinski definition) is 2. The van der Waals surface area contributed by atoms with Crippen LogP contribution in [-0.2, 0) is 10.2 Å². The Balaban J connectivity index is 0.00000182. The van der Waals surface area contributed by atoms with Gasteiger partial charge in [-0.3, -0.25) is 0 Å². The fraction of sp³-hybridized carbons (Fsp3) is 0.700. The van der Waals surface area contributed by atoms with Crippen molar-refractivity contribution in [1.29, 1.82) is 0 Å². The third-order valence-corrected chi connectivity index (χ3v) is 6.98. The summed E-state index contributed by atoms with van der Waals surface area (Å²) < 4.78 is 6.91. The minimum Gasteiger partial charge on any atom is -0.379 e. The molecule has 1 heterocycles. The number of morpholine rings is 1. The molecule has 2 N–H and O–H groups in total. The summed E-state index contributed by atoms with van der Waals surface area (Å²) in [5.74, 6) is 0.727. The van der Waals surface area contributed by atoms with E-state index in [4.69, 9.17) is 4.74 Å². The summed E-state index contributed by atoms with van der Waals surface area (Å²) in [7, 11) is 0. The highest BCUT2D eigenvalue weighted by atomic mass is 79.9. The molecule has 3 fully saturated rings. The molecule has 1 aromatic rings. The van der Waals surface area contributed by atoms with Crippen LogP contribution in [0.3, 0.4) is 0 Å². The summed E-state index contributed by atoms with van der Waals surface area (Å²) in [5, 5.41) is 7.66. The Labute approximate surface area is 166 Å². The molecule has 0 spiro atoms. The van der Waals surface area contributed by atoms with Crippen molar-refractivity contribution in [2.75, 3.05) is 26.3 Å². The SMILES string of the molecule is Brc1cccc(C2(CNC3CCCC3C3COCCN3)CCC2)c1.Cl. The van der Waals surface area contributed by atoms with E-state index in [0.29, 0.717) is 17.5 Å². The first-order chi connectivity index (χ1) is 11.8. The lowest BCUT2D eigenvalue weighted by Gasteiger charge is -2.44. The van der Waals surface area contributed by atoms with Crippen LogP contribution >= 0.6 is 28.3 Å². The average molecular weight is 430 g/mol. The lowest BCUT2D eigenvalue weighted by atomic mass is 9.64. The zero-order valence-corrected chi connectivity index (χ0v) is 17.2. The third-order valence-electron chi connectivity index (χ3n) is 6.49. The topological polar surface area (TPSA) is 33.3 Å². The van der Waals surface area contributed by atoms with Crippen LogP contribution in [0.5, 0.6) is 0 Å². The summed E-state index contributed by atoms with van der Waals surface area (Å²) in [6, 6.07) is 10.1. The van der Waals surface area contributed by atoms with Gasteiger partial charge in [0, 0.05) is 35.1 Å². The van der Waals surface area contributed by atoms with E-state index in [0.717, 1.165) is 32.2 Å². The maximum atomic E-state index is 5.71. The Morgan fingerprint density at radius 3 is 2.80 bits per heavy atom. The van der Waals surface area contributed by atoms with Crippen molar-refractivity contribution in [3.8, 4) is 0 Å². The molecular weight excluding hydrogens is 400 g/mol. The summed E-state index contributed by atoms with van der Waals surface area (Å²) in [5.41, 5.74) is 1.86. The molecule has 4 rings (SSSR count). The van der Waals surface area contributed by atoms with Gasteiger partial charge in [0.2, 0.25) is 0 Å². The van der Waals surface area contributed by atoms with Gasteiger partial charge in [0.25, 0.3) is 0 Å². The van der Waals surface area contributed by atoms with Crippen LogP contribution in [0.4, 0.5) is 0 Å². The van der Waals surface area contributed by atoms with Crippen LogP contribution in [0.2, 0.25) is 0 Å². The fourth-order valence-electron chi connectivity index (χ4n) is 4.90. The Hall–Kier alpha value is -0.130. The highest BCUT2D eigenvalue weighted by molar-refractivity contribution is 9.10. The van der Waals surface area contributed by atoms with E-state index in [2.05, 4.69) is 50.8 Å². The number of halogens is 2. The standard InChI is InChI=1S/C20H29BrN2O.ClH/c21-16-5-1-4-15(12-16)20(8-3-9-20)14-23-18-7-2-6-17(18)19-13-24-11-10-22-19;/h1,4-5,12,17-19,22-23H,2-3,6-11,13-14H2;1H. The molecule has 1 aromatic carbocycles. The molecule has 0 bridgehead atoms. The predicted molar refractivity (Wildman–Crippen MR) is 109 cm³/mol. The second-order valence-corrected chi connectivity index (χ2v) is 8.78. The van der Waals surface area contributed by atoms with Gasteiger partial charge in [-0.15, -0.1) is 12.4 Å². The van der Waals surface area contributed by atoms with E-state index in [9.17, 15) is 0 Å². The van der Waals surface area contributed by atoms with E-state index < -0.39 is 0 Å². The molecule has 3 atom stereocenters. The summed E-state index contributed by atoms with van der Waals surface area (Å²) in [4.78, 5) is 0. The van der Waals surface area contributed by atoms with Gasteiger partial charge in [0.15, 0.2) is 0 Å². The van der Waals surface area contributed by atoms with Gasteiger partial charge in [-0.25, -0.2) is 0 Å². The Kier molecular flexibility index (Phi) is 6.83. The highest BCUT2D eigenvalue weighted by Gasteiger charge is 2.41. The van der Waals surface area contributed by atoms with Gasteiger partial charge in [0.1, 0.15) is 0 Å². The number of nitrogens with one attached hydrogen (secondary N) is 2. The Bertz CT molecular complexity index is 560. The van der Waals surface area contributed by atoms with Crippen LogP contribution in [-0.4, -0.2) is 38.4 Å². The fourth-order valence-corrected chi connectivity index (χ4v) is 5.30. The summed E-state index contributed by atoms with van der Waals surface area (Å²) in [6.45, 7) is 3.89. The Morgan fingerprint density at radius 2 is 2.12 bits per heavy atom.